The minimum Gasteiger partial charge on any atom is -0.821 e. The van der Waals surface area contributed by atoms with E-state index in [1.807, 2.05) is 0 Å². The van der Waals surface area contributed by atoms with Crippen LogP contribution in [0.25, 0.3) is 0 Å². The molecule has 3 nitrogen and oxygen atoms in total. The zero-order chi connectivity index (χ0) is 8.10. The predicted octanol–water partition coefficient (Wildman–Crippen LogP) is -1.33. The van der Waals surface area contributed by atoms with Crippen molar-refractivity contribution < 1.29 is 10.2 Å². The molecule has 2 N–H and O–H groups in total. The lowest BCUT2D eigenvalue weighted by Crippen LogP contribution is -2.27. The first-order chi connectivity index (χ1) is 5.29. The van der Waals surface area contributed by atoms with Gasteiger partial charge < -0.3 is 15.5 Å². The van der Waals surface area contributed by atoms with Crippen LogP contribution in [0.15, 0.2) is 0 Å². The molecule has 0 aromatic heterocycles. The first-order valence-electron chi connectivity index (χ1n) is 3.84. The van der Waals surface area contributed by atoms with Gasteiger partial charge in [-0.1, -0.05) is 11.8 Å². The first-order valence-corrected chi connectivity index (χ1v) is 3.84. The highest BCUT2D eigenvalue weighted by molar-refractivity contribution is 5.05. The molecular formula is C8H12NO2-. The standard InChI is InChI=1S/C8H12NO2/c10-8(11)2-1-7-3-5-9-6-4-7/h7-10H,3-6H2/q-1. The summed E-state index contributed by atoms with van der Waals surface area (Å²) < 4.78 is 0. The van der Waals surface area contributed by atoms with E-state index in [9.17, 15) is 5.11 Å². The van der Waals surface area contributed by atoms with Crippen LogP contribution >= 0.6 is 0 Å². The molecule has 0 radical (unpaired) electrons. The molecule has 11 heavy (non-hydrogen) atoms. The molecular weight excluding hydrogens is 142 g/mol. The highest BCUT2D eigenvalue weighted by atomic mass is 16.5. The monoisotopic (exact) mass is 154 g/mol. The molecule has 1 saturated heterocycles. The molecule has 0 saturated carbocycles. The molecule has 0 aromatic rings. The third kappa shape index (κ3) is 3.38. The fraction of sp³-hybridized carbons (Fsp3) is 0.750. The average Bonchev–Trinajstić information content (AvgIpc) is 2.03. The van der Waals surface area contributed by atoms with E-state index in [2.05, 4.69) is 17.2 Å². The maximum atomic E-state index is 10.1. The number of aliphatic hydroxyl groups excluding tert-OH is 1. The van der Waals surface area contributed by atoms with Crippen LogP contribution in [0.2, 0.25) is 0 Å². The van der Waals surface area contributed by atoms with Gasteiger partial charge in [-0.05, 0) is 25.9 Å². The Kier molecular flexibility index (Phi) is 3.37. The van der Waals surface area contributed by atoms with Crippen molar-refractivity contribution >= 4 is 0 Å². The van der Waals surface area contributed by atoms with Crippen LogP contribution in [-0.2, 0) is 0 Å². The van der Waals surface area contributed by atoms with Crippen LogP contribution in [0.4, 0.5) is 0 Å². The Bertz CT molecular complexity index is 163. The number of hydrogen-bond donors (Lipinski definition) is 2. The third-order valence-corrected chi connectivity index (χ3v) is 1.75. The van der Waals surface area contributed by atoms with Gasteiger partial charge in [0.1, 0.15) is 0 Å². The number of hydrogen-bond acceptors (Lipinski definition) is 3. The molecule has 1 aliphatic rings. The Balaban J connectivity index is 2.31. The molecule has 0 aromatic carbocycles. The highest BCUT2D eigenvalue weighted by Crippen LogP contribution is 2.09. The summed E-state index contributed by atoms with van der Waals surface area (Å²) in [7, 11) is 0. The molecule has 1 heterocycles. The molecule has 1 unspecified atom stereocenters. The summed E-state index contributed by atoms with van der Waals surface area (Å²) in [4.78, 5) is 0. The number of nitrogens with one attached hydrogen (secondary N) is 1. The van der Waals surface area contributed by atoms with E-state index < -0.39 is 6.29 Å². The van der Waals surface area contributed by atoms with Crippen molar-refractivity contribution in [3.05, 3.63) is 0 Å². The summed E-state index contributed by atoms with van der Waals surface area (Å²) >= 11 is 0. The molecule has 3 heteroatoms. The van der Waals surface area contributed by atoms with Gasteiger partial charge in [-0.2, -0.15) is 0 Å². The molecule has 62 valence electrons. The summed E-state index contributed by atoms with van der Waals surface area (Å²) in [5.41, 5.74) is 0. The molecule has 0 bridgehead atoms. The van der Waals surface area contributed by atoms with Crippen molar-refractivity contribution in [1.82, 2.24) is 5.32 Å². The van der Waals surface area contributed by atoms with Gasteiger partial charge in [0.05, 0.1) is 0 Å². The van der Waals surface area contributed by atoms with Gasteiger partial charge in [0, 0.05) is 12.2 Å². The molecule has 1 rings (SSSR count). The van der Waals surface area contributed by atoms with Crippen LogP contribution in [0.1, 0.15) is 12.8 Å². The SMILES string of the molecule is [O-]C(O)C#CC1CCNCC1. The summed E-state index contributed by atoms with van der Waals surface area (Å²) in [5, 5.41) is 21.7. The number of piperidine rings is 1. The number of rotatable bonds is 0. The van der Waals surface area contributed by atoms with Crippen LogP contribution in [0.3, 0.4) is 0 Å². The van der Waals surface area contributed by atoms with Crippen LogP contribution < -0.4 is 10.4 Å². The van der Waals surface area contributed by atoms with E-state index in [4.69, 9.17) is 5.11 Å². The van der Waals surface area contributed by atoms with Gasteiger partial charge in [0.15, 0.2) is 0 Å². The smallest absolute Gasteiger partial charge is 0.0423 e. The van der Waals surface area contributed by atoms with Crippen molar-refractivity contribution in [2.75, 3.05) is 13.1 Å². The Morgan fingerprint density at radius 3 is 2.64 bits per heavy atom. The second-order valence-electron chi connectivity index (χ2n) is 2.67. The van der Waals surface area contributed by atoms with Crippen molar-refractivity contribution in [2.24, 2.45) is 5.92 Å². The topological polar surface area (TPSA) is 55.3 Å². The Labute approximate surface area is 66.4 Å². The van der Waals surface area contributed by atoms with E-state index in [1.54, 1.807) is 0 Å². The van der Waals surface area contributed by atoms with Gasteiger partial charge >= 0.3 is 0 Å². The largest absolute Gasteiger partial charge is 0.821 e. The third-order valence-electron chi connectivity index (χ3n) is 1.75. The fourth-order valence-corrected chi connectivity index (χ4v) is 1.16. The lowest BCUT2D eigenvalue weighted by atomic mass is 9.99. The van der Waals surface area contributed by atoms with Crippen LogP contribution in [0, 0.1) is 17.8 Å². The van der Waals surface area contributed by atoms with Crippen molar-refractivity contribution in [3.8, 4) is 11.8 Å². The van der Waals surface area contributed by atoms with Gasteiger partial charge in [0.2, 0.25) is 0 Å². The Hall–Kier alpha value is -0.560. The zero-order valence-corrected chi connectivity index (χ0v) is 6.34. The van der Waals surface area contributed by atoms with E-state index in [0.29, 0.717) is 5.92 Å². The van der Waals surface area contributed by atoms with Crippen molar-refractivity contribution in [1.29, 1.82) is 0 Å². The van der Waals surface area contributed by atoms with Gasteiger partial charge in [-0.25, -0.2) is 0 Å². The van der Waals surface area contributed by atoms with Crippen molar-refractivity contribution in [3.63, 3.8) is 0 Å². The lowest BCUT2D eigenvalue weighted by Gasteiger charge is -2.17. The molecule has 0 spiro atoms. The minimum absolute atomic E-state index is 0.305. The van der Waals surface area contributed by atoms with Crippen LogP contribution in [0.5, 0.6) is 0 Å². The molecule has 0 aliphatic carbocycles. The maximum Gasteiger partial charge on any atom is 0.0423 e. The first kappa shape index (κ1) is 8.54. The molecule has 1 fully saturated rings. The normalized spacial score (nSPS) is 22.0. The highest BCUT2D eigenvalue weighted by Gasteiger charge is 2.08. The van der Waals surface area contributed by atoms with E-state index in [0.717, 1.165) is 25.9 Å². The predicted molar refractivity (Wildman–Crippen MR) is 39.4 cm³/mol. The summed E-state index contributed by atoms with van der Waals surface area (Å²) in [6.07, 6.45) is 0.254. The Morgan fingerprint density at radius 1 is 1.45 bits per heavy atom. The fourth-order valence-electron chi connectivity index (χ4n) is 1.16. The zero-order valence-electron chi connectivity index (χ0n) is 6.34. The molecule has 1 atom stereocenters. The van der Waals surface area contributed by atoms with E-state index in [-0.39, 0.29) is 0 Å². The number of aliphatic hydroxyl groups is 1. The average molecular weight is 154 g/mol. The van der Waals surface area contributed by atoms with Gasteiger partial charge in [-0.3, -0.25) is 0 Å². The van der Waals surface area contributed by atoms with E-state index >= 15 is 0 Å². The second-order valence-corrected chi connectivity index (χ2v) is 2.67. The van der Waals surface area contributed by atoms with Crippen molar-refractivity contribution in [2.45, 2.75) is 19.1 Å². The van der Waals surface area contributed by atoms with Gasteiger partial charge in [-0.15, -0.1) is 0 Å². The second kappa shape index (κ2) is 4.35. The molecule has 0 amide bonds. The summed E-state index contributed by atoms with van der Waals surface area (Å²) in [6.45, 7) is 1.93. The lowest BCUT2D eigenvalue weighted by molar-refractivity contribution is -0.459. The van der Waals surface area contributed by atoms with Crippen LogP contribution in [-0.4, -0.2) is 24.5 Å². The molecule has 1 aliphatic heterocycles. The Morgan fingerprint density at radius 2 is 2.09 bits per heavy atom. The minimum atomic E-state index is -1.72. The quantitative estimate of drug-likeness (QED) is 0.336. The summed E-state index contributed by atoms with van der Waals surface area (Å²) in [6, 6.07) is 0. The van der Waals surface area contributed by atoms with Gasteiger partial charge in [0.25, 0.3) is 0 Å². The summed E-state index contributed by atoms with van der Waals surface area (Å²) in [5.74, 6) is 5.31. The van der Waals surface area contributed by atoms with E-state index in [1.165, 1.54) is 0 Å². The maximum absolute atomic E-state index is 10.1.